The van der Waals surface area contributed by atoms with Gasteiger partial charge >= 0.3 is 0 Å². The van der Waals surface area contributed by atoms with Crippen molar-refractivity contribution >= 4 is 34.6 Å². The molecule has 0 heterocycles. The van der Waals surface area contributed by atoms with Crippen molar-refractivity contribution in [1.82, 2.24) is 0 Å². The lowest BCUT2D eigenvalue weighted by Gasteiger charge is -2.07. The summed E-state index contributed by atoms with van der Waals surface area (Å²) in [5.74, 6) is -1.18. The average Bonchev–Trinajstić information content (AvgIpc) is 2.36. The summed E-state index contributed by atoms with van der Waals surface area (Å²) in [4.78, 5) is 22.0. The smallest absolute Gasteiger partial charge is 0.292 e. The van der Waals surface area contributed by atoms with Gasteiger partial charge in [-0.2, -0.15) is 0 Å². The summed E-state index contributed by atoms with van der Waals surface area (Å²) in [6.45, 7) is 0. The number of benzene rings is 2. The van der Waals surface area contributed by atoms with Gasteiger partial charge < -0.3 is 11.1 Å². The molecule has 0 aromatic heterocycles. The molecule has 0 bridgehead atoms. The van der Waals surface area contributed by atoms with E-state index in [-0.39, 0.29) is 27.6 Å². The zero-order chi connectivity index (χ0) is 15.6. The Labute approximate surface area is 123 Å². The highest BCUT2D eigenvalue weighted by Gasteiger charge is 2.15. The quantitative estimate of drug-likeness (QED) is 0.516. The molecule has 0 spiro atoms. The van der Waals surface area contributed by atoms with E-state index in [2.05, 4.69) is 5.32 Å². The third kappa shape index (κ3) is 3.46. The lowest BCUT2D eigenvalue weighted by atomic mass is 10.1. The van der Waals surface area contributed by atoms with Gasteiger partial charge in [0.2, 0.25) is 0 Å². The van der Waals surface area contributed by atoms with E-state index in [1.54, 1.807) is 0 Å². The molecule has 2 aromatic rings. The van der Waals surface area contributed by atoms with Crippen molar-refractivity contribution in [3.8, 4) is 0 Å². The minimum Gasteiger partial charge on any atom is -0.393 e. The summed E-state index contributed by atoms with van der Waals surface area (Å²) in [5, 5.41) is 13.2. The fraction of sp³-hybridized carbons (Fsp3) is 0. The van der Waals surface area contributed by atoms with Gasteiger partial charge in [0.05, 0.1) is 4.92 Å². The number of carbonyl (C=O) groups is 1. The van der Waals surface area contributed by atoms with Gasteiger partial charge in [-0.3, -0.25) is 14.9 Å². The van der Waals surface area contributed by atoms with Crippen LogP contribution in [0.5, 0.6) is 0 Å². The molecular formula is C13H9ClFN3O3. The Morgan fingerprint density at radius 1 is 1.29 bits per heavy atom. The second-order valence-electron chi connectivity index (χ2n) is 4.14. The molecule has 0 saturated heterocycles. The van der Waals surface area contributed by atoms with Gasteiger partial charge in [0.15, 0.2) is 0 Å². The fourth-order valence-electron chi connectivity index (χ4n) is 1.69. The van der Waals surface area contributed by atoms with Crippen LogP contribution in [0.25, 0.3) is 0 Å². The molecular weight excluding hydrogens is 301 g/mol. The number of nitrogens with two attached hydrogens (primary N) is 1. The lowest BCUT2D eigenvalue weighted by Crippen LogP contribution is -2.12. The van der Waals surface area contributed by atoms with Crippen molar-refractivity contribution in [3.05, 3.63) is 62.9 Å². The maximum atomic E-state index is 13.2. The highest BCUT2D eigenvalue weighted by molar-refractivity contribution is 6.31. The molecule has 2 rings (SSSR count). The van der Waals surface area contributed by atoms with Crippen LogP contribution >= 0.6 is 11.6 Å². The van der Waals surface area contributed by atoms with Crippen LogP contribution in [0, 0.1) is 15.9 Å². The van der Waals surface area contributed by atoms with Crippen LogP contribution in [-0.4, -0.2) is 10.8 Å². The van der Waals surface area contributed by atoms with Crippen LogP contribution in [0.1, 0.15) is 10.4 Å². The van der Waals surface area contributed by atoms with Gasteiger partial charge in [-0.15, -0.1) is 0 Å². The molecule has 0 aliphatic rings. The third-order valence-electron chi connectivity index (χ3n) is 2.61. The predicted octanol–water partition coefficient (Wildman–Crippen LogP) is 3.22. The molecule has 0 aliphatic carbocycles. The second-order valence-corrected chi connectivity index (χ2v) is 4.58. The number of nitro groups is 1. The lowest BCUT2D eigenvalue weighted by molar-refractivity contribution is -0.383. The number of rotatable bonds is 3. The molecule has 0 unspecified atom stereocenters. The number of nitrogen functional groups attached to an aromatic ring is 1. The summed E-state index contributed by atoms with van der Waals surface area (Å²) in [7, 11) is 0. The summed E-state index contributed by atoms with van der Waals surface area (Å²) < 4.78 is 13.2. The number of hydrogen-bond donors (Lipinski definition) is 2. The zero-order valence-corrected chi connectivity index (χ0v) is 11.2. The molecule has 21 heavy (non-hydrogen) atoms. The van der Waals surface area contributed by atoms with E-state index >= 15 is 0 Å². The standard InChI is InChI=1S/C13H9ClFN3O3/c14-8-4-9(15)6-10(5-8)17-13(19)7-1-2-12(18(20)21)11(16)3-7/h1-6H,16H2,(H,17,19). The molecule has 1 amide bonds. The van der Waals surface area contributed by atoms with Gasteiger partial charge in [0.25, 0.3) is 11.6 Å². The fourth-order valence-corrected chi connectivity index (χ4v) is 1.91. The maximum Gasteiger partial charge on any atom is 0.292 e. The van der Waals surface area contributed by atoms with Gasteiger partial charge in [0, 0.05) is 22.3 Å². The maximum absolute atomic E-state index is 13.2. The van der Waals surface area contributed by atoms with Gasteiger partial charge in [-0.25, -0.2) is 4.39 Å². The van der Waals surface area contributed by atoms with E-state index in [0.717, 1.165) is 18.2 Å². The highest BCUT2D eigenvalue weighted by Crippen LogP contribution is 2.23. The van der Waals surface area contributed by atoms with Gasteiger partial charge in [-0.1, -0.05) is 11.6 Å². The van der Waals surface area contributed by atoms with Gasteiger partial charge in [-0.05, 0) is 30.3 Å². The van der Waals surface area contributed by atoms with Crippen molar-refractivity contribution in [2.45, 2.75) is 0 Å². The number of nitrogens with one attached hydrogen (secondary N) is 1. The molecule has 6 nitrogen and oxygen atoms in total. The number of nitro benzene ring substituents is 1. The first kappa shape index (κ1) is 14.7. The molecule has 108 valence electrons. The van der Waals surface area contributed by atoms with Crippen molar-refractivity contribution in [3.63, 3.8) is 0 Å². The largest absolute Gasteiger partial charge is 0.393 e. The summed E-state index contributed by atoms with van der Waals surface area (Å²) in [6, 6.07) is 7.12. The van der Waals surface area contributed by atoms with E-state index in [9.17, 15) is 19.3 Å². The monoisotopic (exact) mass is 309 g/mol. The Balaban J connectivity index is 2.24. The average molecular weight is 310 g/mol. The normalized spacial score (nSPS) is 10.2. The van der Waals surface area contributed by atoms with Crippen molar-refractivity contribution < 1.29 is 14.1 Å². The number of nitrogens with zero attached hydrogens (tertiary/aromatic N) is 1. The van der Waals surface area contributed by atoms with E-state index < -0.39 is 16.6 Å². The predicted molar refractivity (Wildman–Crippen MR) is 76.9 cm³/mol. The van der Waals surface area contributed by atoms with Crippen molar-refractivity contribution in [2.24, 2.45) is 0 Å². The summed E-state index contributed by atoms with van der Waals surface area (Å²) >= 11 is 5.67. The summed E-state index contributed by atoms with van der Waals surface area (Å²) in [5.41, 5.74) is 5.35. The first-order valence-corrected chi connectivity index (χ1v) is 6.06. The minimum absolute atomic E-state index is 0.110. The second kappa shape index (κ2) is 5.76. The Morgan fingerprint density at radius 2 is 2.00 bits per heavy atom. The number of carbonyl (C=O) groups excluding carboxylic acids is 1. The number of hydrogen-bond acceptors (Lipinski definition) is 4. The van der Waals surface area contributed by atoms with Gasteiger partial charge in [0.1, 0.15) is 11.5 Å². The molecule has 0 fully saturated rings. The molecule has 3 N–H and O–H groups in total. The molecule has 8 heteroatoms. The van der Waals surface area contributed by atoms with Crippen LogP contribution in [0.2, 0.25) is 5.02 Å². The molecule has 2 aromatic carbocycles. The molecule has 0 aliphatic heterocycles. The molecule has 0 atom stereocenters. The van der Waals surface area contributed by atoms with Crippen molar-refractivity contribution in [2.75, 3.05) is 11.1 Å². The number of amides is 1. The number of anilines is 2. The highest BCUT2D eigenvalue weighted by atomic mass is 35.5. The molecule has 0 saturated carbocycles. The minimum atomic E-state index is -0.649. The topological polar surface area (TPSA) is 98.3 Å². The van der Waals surface area contributed by atoms with Crippen LogP contribution in [0.3, 0.4) is 0 Å². The zero-order valence-electron chi connectivity index (χ0n) is 10.5. The Bertz CT molecular complexity index is 716. The molecule has 0 radical (unpaired) electrons. The SMILES string of the molecule is Nc1cc(C(=O)Nc2cc(F)cc(Cl)c2)ccc1[N+](=O)[O-]. The van der Waals surface area contributed by atoms with Crippen molar-refractivity contribution in [1.29, 1.82) is 0 Å². The van der Waals surface area contributed by atoms with Crippen LogP contribution in [0.4, 0.5) is 21.5 Å². The Hall–Kier alpha value is -2.67. The van der Waals surface area contributed by atoms with Crippen LogP contribution < -0.4 is 11.1 Å². The Kier molecular flexibility index (Phi) is 4.04. The van der Waals surface area contributed by atoms with E-state index in [0.29, 0.717) is 0 Å². The Morgan fingerprint density at radius 3 is 2.57 bits per heavy atom. The van der Waals surface area contributed by atoms with Crippen LogP contribution in [-0.2, 0) is 0 Å². The van der Waals surface area contributed by atoms with E-state index in [4.69, 9.17) is 17.3 Å². The van der Waals surface area contributed by atoms with Crippen LogP contribution in [0.15, 0.2) is 36.4 Å². The van der Waals surface area contributed by atoms with E-state index in [1.807, 2.05) is 0 Å². The first-order valence-electron chi connectivity index (χ1n) is 5.68. The number of halogens is 2. The first-order chi connectivity index (χ1) is 9.86. The summed E-state index contributed by atoms with van der Waals surface area (Å²) in [6.07, 6.45) is 0. The third-order valence-corrected chi connectivity index (χ3v) is 2.83. The van der Waals surface area contributed by atoms with E-state index in [1.165, 1.54) is 18.2 Å².